The maximum Gasteiger partial charge on any atom is 0.0490 e. The summed E-state index contributed by atoms with van der Waals surface area (Å²) in [5, 5.41) is 0. The first-order valence-electron chi connectivity index (χ1n) is 5.46. The summed E-state index contributed by atoms with van der Waals surface area (Å²) in [4.78, 5) is 2.30. The summed E-state index contributed by atoms with van der Waals surface area (Å²) in [6, 6.07) is 18.9. The largest absolute Gasteiger partial charge is 0.337 e. The van der Waals surface area contributed by atoms with E-state index in [-0.39, 0.29) is 0 Å². The molecule has 0 fully saturated rings. The molecular weight excluding hydrogens is 194 g/mol. The van der Waals surface area contributed by atoms with Crippen LogP contribution in [0.15, 0.2) is 61.2 Å². The molecule has 0 saturated heterocycles. The van der Waals surface area contributed by atoms with E-state index in [0.717, 1.165) is 6.54 Å². The Hall–Kier alpha value is -2.02. The Morgan fingerprint density at radius 2 is 1.56 bits per heavy atom. The highest BCUT2D eigenvalue weighted by Gasteiger charge is 2.22. The SMILES string of the molecule is C=C1CN(c2ccccc2)c2ccccc21. The van der Waals surface area contributed by atoms with E-state index >= 15 is 0 Å². The maximum absolute atomic E-state index is 4.13. The number of hydrogen-bond donors (Lipinski definition) is 0. The molecule has 0 atom stereocenters. The van der Waals surface area contributed by atoms with Crippen LogP contribution < -0.4 is 4.90 Å². The minimum atomic E-state index is 0.892. The molecule has 2 aromatic rings. The first kappa shape index (κ1) is 9.22. The van der Waals surface area contributed by atoms with Gasteiger partial charge in [-0.1, -0.05) is 43.0 Å². The number of benzene rings is 2. The minimum Gasteiger partial charge on any atom is -0.337 e. The fraction of sp³-hybridized carbons (Fsp3) is 0.0667. The van der Waals surface area contributed by atoms with Crippen molar-refractivity contribution >= 4 is 16.9 Å². The summed E-state index contributed by atoms with van der Waals surface area (Å²) in [7, 11) is 0. The lowest BCUT2D eigenvalue weighted by atomic mass is 10.1. The second-order valence-electron chi connectivity index (χ2n) is 4.04. The lowest BCUT2D eigenvalue weighted by molar-refractivity contribution is 1.16. The Balaban J connectivity index is 2.11. The van der Waals surface area contributed by atoms with Gasteiger partial charge in [-0.15, -0.1) is 0 Å². The number of hydrogen-bond acceptors (Lipinski definition) is 1. The van der Waals surface area contributed by atoms with Gasteiger partial charge in [0.25, 0.3) is 0 Å². The van der Waals surface area contributed by atoms with Crippen molar-refractivity contribution in [2.24, 2.45) is 0 Å². The van der Waals surface area contributed by atoms with Crippen LogP contribution in [0.25, 0.3) is 5.57 Å². The first-order valence-corrected chi connectivity index (χ1v) is 5.46. The van der Waals surface area contributed by atoms with Crippen molar-refractivity contribution in [1.29, 1.82) is 0 Å². The Labute approximate surface area is 95.6 Å². The molecule has 3 rings (SSSR count). The van der Waals surface area contributed by atoms with E-state index in [1.165, 1.54) is 22.5 Å². The second kappa shape index (κ2) is 3.53. The Kier molecular flexibility index (Phi) is 2.03. The molecule has 0 spiro atoms. The normalized spacial score (nSPS) is 14.0. The molecular formula is C15H13N. The Bertz CT molecular complexity index is 528. The Morgan fingerprint density at radius 3 is 2.38 bits per heavy atom. The van der Waals surface area contributed by atoms with E-state index in [9.17, 15) is 0 Å². The Morgan fingerprint density at radius 1 is 0.875 bits per heavy atom. The maximum atomic E-state index is 4.13. The highest BCUT2D eigenvalue weighted by Crippen LogP contribution is 2.38. The van der Waals surface area contributed by atoms with Crippen LogP contribution in [0.2, 0.25) is 0 Å². The molecule has 78 valence electrons. The summed E-state index contributed by atoms with van der Waals surface area (Å²) in [6.07, 6.45) is 0. The molecule has 1 nitrogen and oxygen atoms in total. The average Bonchev–Trinajstić information content (AvgIpc) is 2.69. The third kappa shape index (κ3) is 1.33. The number of anilines is 2. The van der Waals surface area contributed by atoms with Crippen LogP contribution in [0.1, 0.15) is 5.56 Å². The van der Waals surface area contributed by atoms with Crippen LogP contribution in [-0.4, -0.2) is 6.54 Å². The molecule has 2 aromatic carbocycles. The zero-order valence-electron chi connectivity index (χ0n) is 9.06. The lowest BCUT2D eigenvalue weighted by Gasteiger charge is -2.18. The molecule has 1 heterocycles. The summed E-state index contributed by atoms with van der Waals surface area (Å²) in [5.74, 6) is 0. The number of fused-ring (bicyclic) bond motifs is 1. The van der Waals surface area contributed by atoms with Gasteiger partial charge in [0.05, 0.1) is 0 Å². The topological polar surface area (TPSA) is 3.24 Å². The molecule has 0 saturated carbocycles. The lowest BCUT2D eigenvalue weighted by Crippen LogP contribution is -2.12. The van der Waals surface area contributed by atoms with Crippen molar-refractivity contribution in [2.45, 2.75) is 0 Å². The van der Waals surface area contributed by atoms with Gasteiger partial charge in [0.1, 0.15) is 0 Å². The van der Waals surface area contributed by atoms with Crippen LogP contribution in [0, 0.1) is 0 Å². The van der Waals surface area contributed by atoms with E-state index in [0.29, 0.717) is 0 Å². The smallest absolute Gasteiger partial charge is 0.0490 e. The standard InChI is InChI=1S/C15H13N/c1-12-11-16(13-7-3-2-4-8-13)15-10-6-5-9-14(12)15/h2-10H,1,11H2. The molecule has 1 aliphatic rings. The third-order valence-electron chi connectivity index (χ3n) is 2.99. The zero-order valence-corrected chi connectivity index (χ0v) is 9.06. The fourth-order valence-corrected chi connectivity index (χ4v) is 2.21. The van der Waals surface area contributed by atoms with Gasteiger partial charge in [-0.05, 0) is 23.8 Å². The van der Waals surface area contributed by atoms with Crippen LogP contribution in [0.3, 0.4) is 0 Å². The van der Waals surface area contributed by atoms with E-state index in [1.807, 2.05) is 6.07 Å². The van der Waals surface area contributed by atoms with Gasteiger partial charge < -0.3 is 4.90 Å². The van der Waals surface area contributed by atoms with Crippen LogP contribution in [-0.2, 0) is 0 Å². The molecule has 0 bridgehead atoms. The van der Waals surface area contributed by atoms with Crippen molar-refractivity contribution in [2.75, 3.05) is 11.4 Å². The summed E-state index contributed by atoms with van der Waals surface area (Å²) in [5.41, 5.74) is 4.96. The summed E-state index contributed by atoms with van der Waals surface area (Å²) >= 11 is 0. The van der Waals surface area contributed by atoms with Crippen molar-refractivity contribution in [3.63, 3.8) is 0 Å². The highest BCUT2D eigenvalue weighted by atomic mass is 15.2. The van der Waals surface area contributed by atoms with Gasteiger partial charge in [-0.3, -0.25) is 0 Å². The van der Waals surface area contributed by atoms with Crippen LogP contribution >= 0.6 is 0 Å². The van der Waals surface area contributed by atoms with Crippen LogP contribution in [0.4, 0.5) is 11.4 Å². The fourth-order valence-electron chi connectivity index (χ4n) is 2.21. The van der Waals surface area contributed by atoms with Gasteiger partial charge in [-0.25, -0.2) is 0 Å². The molecule has 1 heteroatoms. The van der Waals surface area contributed by atoms with Crippen molar-refractivity contribution in [1.82, 2.24) is 0 Å². The average molecular weight is 207 g/mol. The predicted molar refractivity (Wildman–Crippen MR) is 68.9 cm³/mol. The van der Waals surface area contributed by atoms with Crippen molar-refractivity contribution in [3.8, 4) is 0 Å². The number of nitrogens with zero attached hydrogens (tertiary/aromatic N) is 1. The van der Waals surface area contributed by atoms with Gasteiger partial charge >= 0.3 is 0 Å². The second-order valence-corrected chi connectivity index (χ2v) is 4.04. The highest BCUT2D eigenvalue weighted by molar-refractivity contribution is 5.88. The molecule has 16 heavy (non-hydrogen) atoms. The monoisotopic (exact) mass is 207 g/mol. The summed E-state index contributed by atoms with van der Waals surface area (Å²) < 4.78 is 0. The van der Waals surface area contributed by atoms with E-state index in [2.05, 4.69) is 60.0 Å². The first-order chi connectivity index (χ1) is 7.86. The molecule has 0 aromatic heterocycles. The van der Waals surface area contributed by atoms with E-state index in [4.69, 9.17) is 0 Å². The zero-order chi connectivity index (χ0) is 11.0. The third-order valence-corrected chi connectivity index (χ3v) is 2.99. The van der Waals surface area contributed by atoms with Crippen molar-refractivity contribution in [3.05, 3.63) is 66.7 Å². The molecule has 0 amide bonds. The minimum absolute atomic E-state index is 0.892. The van der Waals surface area contributed by atoms with E-state index in [1.54, 1.807) is 0 Å². The van der Waals surface area contributed by atoms with Gasteiger partial charge in [-0.2, -0.15) is 0 Å². The van der Waals surface area contributed by atoms with Gasteiger partial charge in [0.2, 0.25) is 0 Å². The predicted octanol–water partition coefficient (Wildman–Crippen LogP) is 3.85. The van der Waals surface area contributed by atoms with Crippen molar-refractivity contribution < 1.29 is 0 Å². The molecule has 1 aliphatic heterocycles. The number of rotatable bonds is 1. The molecule has 0 N–H and O–H groups in total. The number of para-hydroxylation sites is 2. The summed E-state index contributed by atoms with van der Waals surface area (Å²) in [6.45, 7) is 5.02. The van der Waals surface area contributed by atoms with Gasteiger partial charge in [0.15, 0.2) is 0 Å². The molecule has 0 radical (unpaired) electrons. The molecule has 0 unspecified atom stereocenters. The van der Waals surface area contributed by atoms with Crippen LogP contribution in [0.5, 0.6) is 0 Å². The molecule has 0 aliphatic carbocycles. The van der Waals surface area contributed by atoms with E-state index < -0.39 is 0 Å². The quantitative estimate of drug-likeness (QED) is 0.686. The van der Waals surface area contributed by atoms with Gasteiger partial charge in [0, 0.05) is 23.5 Å².